The molecular weight excluding hydrogens is 275 g/mol. The number of piperazine rings is 1. The molecule has 1 fully saturated rings. The molecule has 1 aromatic heterocycles. The lowest BCUT2D eigenvalue weighted by Gasteiger charge is -2.27. The maximum atomic E-state index is 12.5. The van der Waals surface area contributed by atoms with Crippen LogP contribution in [-0.4, -0.2) is 53.5 Å². The Bertz CT molecular complexity index is 473. The molecule has 1 aliphatic heterocycles. The second-order valence-electron chi connectivity index (χ2n) is 4.25. The average Bonchev–Trinajstić information content (AvgIpc) is 2.45. The Morgan fingerprint density at radius 2 is 2.10 bits per heavy atom. The minimum atomic E-state index is -4.53. The van der Waals surface area contributed by atoms with Gasteiger partial charge in [0.2, 0.25) is 11.9 Å². The molecule has 0 unspecified atom stereocenters. The number of hydrogen-bond acceptors (Lipinski definition) is 5. The Morgan fingerprint density at radius 1 is 1.40 bits per heavy atom. The molecule has 0 atom stereocenters. The van der Waals surface area contributed by atoms with E-state index in [1.54, 1.807) is 4.90 Å². The van der Waals surface area contributed by atoms with Gasteiger partial charge in [-0.2, -0.15) is 13.2 Å². The topological polar surface area (TPSA) is 70.2 Å². The summed E-state index contributed by atoms with van der Waals surface area (Å²) in [6.45, 7) is 2.48. The summed E-state index contributed by atoms with van der Waals surface area (Å²) < 4.78 is 37.4. The maximum absolute atomic E-state index is 12.5. The minimum absolute atomic E-state index is 0.124. The van der Waals surface area contributed by atoms with Crippen LogP contribution in [0.1, 0.15) is 5.69 Å². The van der Waals surface area contributed by atoms with Gasteiger partial charge in [-0.25, -0.2) is 9.97 Å². The predicted molar refractivity (Wildman–Crippen MR) is 65.0 cm³/mol. The lowest BCUT2D eigenvalue weighted by molar-refractivity contribution is -0.141. The van der Waals surface area contributed by atoms with Gasteiger partial charge in [-0.3, -0.25) is 4.79 Å². The zero-order valence-electron chi connectivity index (χ0n) is 10.6. The van der Waals surface area contributed by atoms with Crippen LogP contribution in [0.4, 0.5) is 19.1 Å². The van der Waals surface area contributed by atoms with E-state index in [0.717, 1.165) is 12.3 Å². The Hall–Kier alpha value is -1.90. The molecule has 9 heteroatoms. The minimum Gasteiger partial charge on any atom is -0.345 e. The van der Waals surface area contributed by atoms with Gasteiger partial charge >= 0.3 is 6.18 Å². The molecule has 0 aliphatic carbocycles. The van der Waals surface area contributed by atoms with Crippen molar-refractivity contribution < 1.29 is 18.0 Å². The second kappa shape index (κ2) is 6.04. The first-order chi connectivity index (χ1) is 9.47. The summed E-state index contributed by atoms with van der Waals surface area (Å²) in [5, 5.41) is 5.62. The number of amides is 1. The summed E-state index contributed by atoms with van der Waals surface area (Å²) in [5.74, 6) is -0.393. The SMILES string of the molecule is O=C(CNc1nccc(C(F)(F)F)n1)N1CCNCC1. The third-order valence-corrected chi connectivity index (χ3v) is 2.81. The molecule has 1 aromatic rings. The molecule has 110 valence electrons. The summed E-state index contributed by atoms with van der Waals surface area (Å²) in [6.07, 6.45) is -3.52. The van der Waals surface area contributed by atoms with Gasteiger partial charge in [-0.1, -0.05) is 0 Å². The van der Waals surface area contributed by atoms with Gasteiger partial charge in [0, 0.05) is 32.4 Å². The molecule has 1 aliphatic rings. The second-order valence-corrected chi connectivity index (χ2v) is 4.25. The van der Waals surface area contributed by atoms with Crippen LogP contribution >= 0.6 is 0 Å². The highest BCUT2D eigenvalue weighted by Crippen LogP contribution is 2.27. The molecule has 20 heavy (non-hydrogen) atoms. The van der Waals surface area contributed by atoms with Gasteiger partial charge in [0.25, 0.3) is 0 Å². The molecule has 2 rings (SSSR count). The van der Waals surface area contributed by atoms with Crippen molar-refractivity contribution in [1.82, 2.24) is 20.2 Å². The number of halogens is 3. The molecule has 0 radical (unpaired) electrons. The Balaban J connectivity index is 1.92. The summed E-state index contributed by atoms with van der Waals surface area (Å²) in [5.41, 5.74) is -1.04. The molecule has 2 N–H and O–H groups in total. The van der Waals surface area contributed by atoms with Crippen molar-refractivity contribution in [2.45, 2.75) is 6.18 Å². The number of hydrogen-bond donors (Lipinski definition) is 2. The molecule has 0 spiro atoms. The van der Waals surface area contributed by atoms with E-state index < -0.39 is 11.9 Å². The summed E-state index contributed by atoms with van der Waals surface area (Å²) in [7, 11) is 0. The monoisotopic (exact) mass is 289 g/mol. The summed E-state index contributed by atoms with van der Waals surface area (Å²) >= 11 is 0. The Morgan fingerprint density at radius 3 is 2.75 bits per heavy atom. The predicted octanol–water partition coefficient (Wildman–Crippen LogP) is 0.339. The van der Waals surface area contributed by atoms with Crippen LogP contribution < -0.4 is 10.6 Å². The number of nitrogens with zero attached hydrogens (tertiary/aromatic N) is 3. The molecule has 0 aromatic carbocycles. The number of rotatable bonds is 3. The van der Waals surface area contributed by atoms with Gasteiger partial charge in [-0.15, -0.1) is 0 Å². The van der Waals surface area contributed by atoms with Gasteiger partial charge in [0.1, 0.15) is 5.69 Å². The Labute approximate surface area is 113 Å². The molecule has 2 heterocycles. The highest BCUT2D eigenvalue weighted by molar-refractivity contribution is 5.80. The van der Waals surface area contributed by atoms with Crippen molar-refractivity contribution in [2.75, 3.05) is 38.0 Å². The fourth-order valence-electron chi connectivity index (χ4n) is 1.78. The summed E-state index contributed by atoms with van der Waals surface area (Å²) in [4.78, 5) is 20.4. The van der Waals surface area contributed by atoms with Crippen molar-refractivity contribution in [3.8, 4) is 0 Å². The van der Waals surface area contributed by atoms with Crippen molar-refractivity contribution in [1.29, 1.82) is 0 Å². The standard InChI is InChI=1S/C11H14F3N5O/c12-11(13,14)8-1-2-16-10(18-8)17-7-9(20)19-5-3-15-4-6-19/h1-2,15H,3-7H2,(H,16,17,18). The number of carbonyl (C=O) groups is 1. The first kappa shape index (κ1) is 14.5. The van der Waals surface area contributed by atoms with Gasteiger partial charge < -0.3 is 15.5 Å². The van der Waals surface area contributed by atoms with Crippen LogP contribution in [0.5, 0.6) is 0 Å². The molecule has 6 nitrogen and oxygen atoms in total. The number of aromatic nitrogens is 2. The fourth-order valence-corrected chi connectivity index (χ4v) is 1.78. The van der Waals surface area contributed by atoms with Crippen LogP contribution in [0, 0.1) is 0 Å². The zero-order valence-corrected chi connectivity index (χ0v) is 10.6. The van der Waals surface area contributed by atoms with E-state index in [1.165, 1.54) is 0 Å². The van der Waals surface area contributed by atoms with Gasteiger partial charge in [0.05, 0.1) is 6.54 Å². The highest BCUT2D eigenvalue weighted by Gasteiger charge is 2.32. The van der Waals surface area contributed by atoms with Crippen LogP contribution in [0.2, 0.25) is 0 Å². The van der Waals surface area contributed by atoms with E-state index in [2.05, 4.69) is 20.6 Å². The van der Waals surface area contributed by atoms with Crippen LogP contribution in [-0.2, 0) is 11.0 Å². The van der Waals surface area contributed by atoms with E-state index >= 15 is 0 Å². The maximum Gasteiger partial charge on any atom is 0.433 e. The number of carbonyl (C=O) groups excluding carboxylic acids is 1. The third kappa shape index (κ3) is 3.80. The lowest BCUT2D eigenvalue weighted by atomic mass is 10.3. The van der Waals surface area contributed by atoms with Crippen molar-refractivity contribution in [3.63, 3.8) is 0 Å². The van der Waals surface area contributed by atoms with E-state index in [-0.39, 0.29) is 18.4 Å². The highest BCUT2D eigenvalue weighted by atomic mass is 19.4. The lowest BCUT2D eigenvalue weighted by Crippen LogP contribution is -2.48. The molecule has 0 bridgehead atoms. The van der Waals surface area contributed by atoms with Crippen molar-refractivity contribution in [2.24, 2.45) is 0 Å². The molecule has 1 saturated heterocycles. The van der Waals surface area contributed by atoms with E-state index in [4.69, 9.17) is 0 Å². The van der Waals surface area contributed by atoms with Crippen molar-refractivity contribution in [3.05, 3.63) is 18.0 Å². The molecule has 1 amide bonds. The first-order valence-electron chi connectivity index (χ1n) is 6.09. The van der Waals surface area contributed by atoms with E-state index in [1.807, 2.05) is 0 Å². The van der Waals surface area contributed by atoms with E-state index in [0.29, 0.717) is 26.2 Å². The first-order valence-corrected chi connectivity index (χ1v) is 6.09. The largest absolute Gasteiger partial charge is 0.433 e. The van der Waals surface area contributed by atoms with E-state index in [9.17, 15) is 18.0 Å². The quantitative estimate of drug-likeness (QED) is 0.839. The smallest absolute Gasteiger partial charge is 0.345 e. The van der Waals surface area contributed by atoms with Crippen molar-refractivity contribution >= 4 is 11.9 Å². The Kier molecular flexibility index (Phi) is 4.38. The van der Waals surface area contributed by atoms with Crippen LogP contribution in [0.3, 0.4) is 0 Å². The number of nitrogens with one attached hydrogen (secondary N) is 2. The molecular formula is C11H14F3N5O. The number of alkyl halides is 3. The summed E-state index contributed by atoms with van der Waals surface area (Å²) in [6, 6.07) is 0.781. The van der Waals surface area contributed by atoms with Crippen LogP contribution in [0.25, 0.3) is 0 Å². The fraction of sp³-hybridized carbons (Fsp3) is 0.545. The number of anilines is 1. The van der Waals surface area contributed by atoms with Gasteiger partial charge in [-0.05, 0) is 6.07 Å². The zero-order chi connectivity index (χ0) is 14.6. The van der Waals surface area contributed by atoms with Crippen LogP contribution in [0.15, 0.2) is 12.3 Å². The van der Waals surface area contributed by atoms with Gasteiger partial charge in [0.15, 0.2) is 0 Å². The normalized spacial score (nSPS) is 16.1. The third-order valence-electron chi connectivity index (χ3n) is 2.81. The average molecular weight is 289 g/mol. The molecule has 0 saturated carbocycles.